The van der Waals surface area contributed by atoms with Crippen molar-refractivity contribution >= 4 is 5.69 Å². The van der Waals surface area contributed by atoms with Gasteiger partial charge in [0.2, 0.25) is 0 Å². The average molecular weight is 262 g/mol. The standard InChI is InChI=1S/C15H10N4O/c16-8-12(9-17)10-19-13-3-1-4-14(7-13)20-15-5-2-6-18-11-15/h1-7,10-11,19H. The Morgan fingerprint density at radius 2 is 1.95 bits per heavy atom. The van der Waals surface area contributed by atoms with E-state index in [0.29, 0.717) is 11.5 Å². The van der Waals surface area contributed by atoms with Gasteiger partial charge in [-0.3, -0.25) is 4.98 Å². The molecular weight excluding hydrogens is 252 g/mol. The van der Waals surface area contributed by atoms with Crippen molar-refractivity contribution in [2.24, 2.45) is 0 Å². The van der Waals surface area contributed by atoms with E-state index in [9.17, 15) is 0 Å². The number of pyridine rings is 1. The average Bonchev–Trinajstić information content (AvgIpc) is 2.50. The van der Waals surface area contributed by atoms with Gasteiger partial charge in [-0.25, -0.2) is 0 Å². The Morgan fingerprint density at radius 1 is 1.15 bits per heavy atom. The summed E-state index contributed by atoms with van der Waals surface area (Å²) in [6.45, 7) is 0. The van der Waals surface area contributed by atoms with Crippen LogP contribution in [0.15, 0.2) is 60.6 Å². The lowest BCUT2D eigenvalue weighted by molar-refractivity contribution is 0.480. The summed E-state index contributed by atoms with van der Waals surface area (Å²) in [5.74, 6) is 1.27. The van der Waals surface area contributed by atoms with Gasteiger partial charge in [0.15, 0.2) is 0 Å². The molecule has 2 aromatic rings. The lowest BCUT2D eigenvalue weighted by atomic mass is 10.3. The smallest absolute Gasteiger partial charge is 0.145 e. The first-order valence-electron chi connectivity index (χ1n) is 5.76. The molecule has 0 aliphatic heterocycles. The number of hydrogen-bond acceptors (Lipinski definition) is 5. The first kappa shape index (κ1) is 13.1. The highest BCUT2D eigenvalue weighted by Crippen LogP contribution is 2.23. The zero-order valence-electron chi connectivity index (χ0n) is 10.4. The van der Waals surface area contributed by atoms with Crippen LogP contribution < -0.4 is 10.1 Å². The van der Waals surface area contributed by atoms with Gasteiger partial charge >= 0.3 is 0 Å². The fraction of sp³-hybridized carbons (Fsp3) is 0. The second kappa shape index (κ2) is 6.58. The van der Waals surface area contributed by atoms with Crippen LogP contribution in [0.3, 0.4) is 0 Å². The molecule has 0 radical (unpaired) electrons. The van der Waals surface area contributed by atoms with E-state index in [1.165, 1.54) is 6.20 Å². The number of nitrogens with one attached hydrogen (secondary N) is 1. The van der Waals surface area contributed by atoms with Crippen LogP contribution in [0.25, 0.3) is 0 Å². The molecule has 0 spiro atoms. The van der Waals surface area contributed by atoms with Crippen molar-refractivity contribution in [3.05, 3.63) is 60.6 Å². The molecule has 0 bridgehead atoms. The molecule has 20 heavy (non-hydrogen) atoms. The largest absolute Gasteiger partial charge is 0.456 e. The molecule has 0 atom stereocenters. The van der Waals surface area contributed by atoms with E-state index in [1.54, 1.807) is 60.9 Å². The Bertz CT molecular complexity index is 680. The summed E-state index contributed by atoms with van der Waals surface area (Å²) in [6.07, 6.45) is 4.63. The van der Waals surface area contributed by atoms with Gasteiger partial charge in [0.05, 0.1) is 6.20 Å². The maximum Gasteiger partial charge on any atom is 0.145 e. The molecule has 0 saturated heterocycles. The SMILES string of the molecule is N#CC(C#N)=CNc1cccc(Oc2cccnc2)c1. The minimum Gasteiger partial charge on any atom is -0.456 e. The van der Waals surface area contributed by atoms with Gasteiger partial charge in [0.25, 0.3) is 0 Å². The Hall–Kier alpha value is -3.31. The van der Waals surface area contributed by atoms with E-state index < -0.39 is 0 Å². The van der Waals surface area contributed by atoms with E-state index in [0.717, 1.165) is 5.69 Å². The van der Waals surface area contributed by atoms with Gasteiger partial charge in [0, 0.05) is 24.2 Å². The van der Waals surface area contributed by atoms with Crippen molar-refractivity contribution in [2.45, 2.75) is 0 Å². The molecule has 0 aliphatic rings. The normalized spacial score (nSPS) is 8.90. The van der Waals surface area contributed by atoms with Gasteiger partial charge in [-0.2, -0.15) is 10.5 Å². The van der Waals surface area contributed by atoms with E-state index in [-0.39, 0.29) is 5.57 Å². The minimum atomic E-state index is 0.00332. The van der Waals surface area contributed by atoms with Crippen molar-refractivity contribution in [1.29, 1.82) is 10.5 Å². The number of aromatic nitrogens is 1. The maximum atomic E-state index is 8.64. The summed E-state index contributed by atoms with van der Waals surface area (Å²) in [6, 6.07) is 14.3. The highest BCUT2D eigenvalue weighted by Gasteiger charge is 1.99. The number of nitrogens with zero attached hydrogens (tertiary/aromatic N) is 3. The monoisotopic (exact) mass is 262 g/mol. The van der Waals surface area contributed by atoms with Crippen LogP contribution in [-0.2, 0) is 0 Å². The number of hydrogen-bond donors (Lipinski definition) is 1. The molecule has 5 heteroatoms. The molecule has 0 fully saturated rings. The topological polar surface area (TPSA) is 81.7 Å². The van der Waals surface area contributed by atoms with Crippen molar-refractivity contribution in [2.75, 3.05) is 5.32 Å². The molecular formula is C15H10N4O. The van der Waals surface area contributed by atoms with E-state index in [1.807, 2.05) is 0 Å². The van der Waals surface area contributed by atoms with Crippen LogP contribution in [0.5, 0.6) is 11.5 Å². The molecule has 1 N–H and O–H groups in total. The quantitative estimate of drug-likeness (QED) is 0.855. The van der Waals surface area contributed by atoms with Gasteiger partial charge in [-0.05, 0) is 24.3 Å². The van der Waals surface area contributed by atoms with Crippen LogP contribution in [0.2, 0.25) is 0 Å². The third-order valence-corrected chi connectivity index (χ3v) is 2.33. The summed E-state index contributed by atoms with van der Waals surface area (Å²) < 4.78 is 5.63. The van der Waals surface area contributed by atoms with Crippen LogP contribution in [-0.4, -0.2) is 4.98 Å². The summed E-state index contributed by atoms with van der Waals surface area (Å²) in [4.78, 5) is 3.96. The maximum absolute atomic E-state index is 8.64. The highest BCUT2D eigenvalue weighted by atomic mass is 16.5. The number of rotatable bonds is 4. The van der Waals surface area contributed by atoms with Gasteiger partial charge in [0.1, 0.15) is 29.2 Å². The molecule has 1 aromatic carbocycles. The third-order valence-electron chi connectivity index (χ3n) is 2.33. The van der Waals surface area contributed by atoms with Gasteiger partial charge in [-0.15, -0.1) is 0 Å². The molecule has 96 valence electrons. The molecule has 2 rings (SSSR count). The summed E-state index contributed by atoms with van der Waals surface area (Å²) in [5, 5.41) is 20.2. The van der Waals surface area contributed by atoms with E-state index >= 15 is 0 Å². The zero-order chi connectivity index (χ0) is 14.2. The molecule has 5 nitrogen and oxygen atoms in total. The predicted octanol–water partition coefficient (Wildman–Crippen LogP) is 3.22. The highest BCUT2D eigenvalue weighted by molar-refractivity contribution is 5.53. The van der Waals surface area contributed by atoms with Crippen LogP contribution in [0, 0.1) is 22.7 Å². The van der Waals surface area contributed by atoms with Crippen molar-refractivity contribution in [3.8, 4) is 23.6 Å². The summed E-state index contributed by atoms with van der Waals surface area (Å²) in [7, 11) is 0. The molecule has 0 aliphatic carbocycles. The van der Waals surface area contributed by atoms with Crippen molar-refractivity contribution in [3.63, 3.8) is 0 Å². The lowest BCUT2D eigenvalue weighted by Crippen LogP contribution is -1.91. The van der Waals surface area contributed by atoms with Crippen LogP contribution in [0.1, 0.15) is 0 Å². The summed E-state index contributed by atoms with van der Waals surface area (Å²) in [5.41, 5.74) is 0.720. The number of benzene rings is 1. The molecule has 1 aromatic heterocycles. The fourth-order valence-electron chi connectivity index (χ4n) is 1.44. The van der Waals surface area contributed by atoms with Gasteiger partial charge < -0.3 is 10.1 Å². The number of allylic oxidation sites excluding steroid dienone is 1. The second-order valence-corrected chi connectivity index (χ2v) is 3.74. The second-order valence-electron chi connectivity index (χ2n) is 3.74. The minimum absolute atomic E-state index is 0.00332. The molecule has 0 unspecified atom stereocenters. The fourth-order valence-corrected chi connectivity index (χ4v) is 1.44. The Morgan fingerprint density at radius 3 is 2.65 bits per heavy atom. The van der Waals surface area contributed by atoms with Crippen molar-refractivity contribution in [1.82, 2.24) is 4.98 Å². The van der Waals surface area contributed by atoms with Crippen molar-refractivity contribution < 1.29 is 4.74 Å². The predicted molar refractivity (Wildman–Crippen MR) is 73.7 cm³/mol. The number of nitriles is 2. The zero-order valence-corrected chi connectivity index (χ0v) is 10.4. The first-order chi connectivity index (χ1) is 9.81. The molecule has 1 heterocycles. The first-order valence-corrected chi connectivity index (χ1v) is 5.76. The summed E-state index contributed by atoms with van der Waals surface area (Å²) >= 11 is 0. The van der Waals surface area contributed by atoms with Gasteiger partial charge in [-0.1, -0.05) is 6.07 Å². The molecule has 0 amide bonds. The Labute approximate surface area is 116 Å². The third kappa shape index (κ3) is 3.59. The van der Waals surface area contributed by atoms with E-state index in [2.05, 4.69) is 10.3 Å². The number of ether oxygens (including phenoxy) is 1. The Balaban J connectivity index is 2.11. The van der Waals surface area contributed by atoms with Crippen LogP contribution in [0.4, 0.5) is 5.69 Å². The lowest BCUT2D eigenvalue weighted by Gasteiger charge is -2.07. The molecule has 0 saturated carbocycles. The van der Waals surface area contributed by atoms with E-state index in [4.69, 9.17) is 15.3 Å². The van der Waals surface area contributed by atoms with Crippen LogP contribution >= 0.6 is 0 Å². The number of anilines is 1. The Kier molecular flexibility index (Phi) is 4.32.